The quantitative estimate of drug-likeness (QED) is 0.788. The van der Waals surface area contributed by atoms with Gasteiger partial charge in [0.25, 0.3) is 11.5 Å². The van der Waals surface area contributed by atoms with E-state index in [0.717, 1.165) is 77.7 Å². The normalized spacial score (nSPS) is 20.5. The van der Waals surface area contributed by atoms with Crippen molar-refractivity contribution in [3.63, 3.8) is 0 Å². The molecule has 7 heteroatoms. The van der Waals surface area contributed by atoms with Gasteiger partial charge in [-0.1, -0.05) is 12.8 Å². The number of nitrogens with one attached hydrogen (secondary N) is 1. The van der Waals surface area contributed by atoms with E-state index in [1.165, 1.54) is 25.7 Å². The Balaban J connectivity index is 0.00000205. The molecule has 0 spiro atoms. The summed E-state index contributed by atoms with van der Waals surface area (Å²) in [5, 5.41) is 1.05. The summed E-state index contributed by atoms with van der Waals surface area (Å²) in [4.78, 5) is 33.1. The van der Waals surface area contributed by atoms with Gasteiger partial charge in [0, 0.05) is 60.0 Å². The van der Waals surface area contributed by atoms with Gasteiger partial charge in [0.15, 0.2) is 0 Å². The van der Waals surface area contributed by atoms with Crippen molar-refractivity contribution in [3.05, 3.63) is 45.2 Å². The lowest BCUT2D eigenvalue weighted by atomic mass is 9.99. The van der Waals surface area contributed by atoms with Crippen LogP contribution in [0.2, 0.25) is 0 Å². The number of pyridine rings is 1. The third kappa shape index (κ3) is 3.94. The Morgan fingerprint density at radius 3 is 2.59 bits per heavy atom. The Morgan fingerprint density at radius 2 is 1.83 bits per heavy atom. The first kappa shape index (κ1) is 20.8. The van der Waals surface area contributed by atoms with Crippen LogP contribution in [0.4, 0.5) is 0 Å². The molecule has 1 N–H and O–H groups in total. The number of hydrogen-bond donors (Lipinski definition) is 1. The van der Waals surface area contributed by atoms with Crippen LogP contribution in [0, 0.1) is 0 Å². The summed E-state index contributed by atoms with van der Waals surface area (Å²) in [6.07, 6.45) is 6.25. The van der Waals surface area contributed by atoms with E-state index < -0.39 is 0 Å². The van der Waals surface area contributed by atoms with Gasteiger partial charge in [-0.05, 0) is 48.8 Å². The van der Waals surface area contributed by atoms with Crippen LogP contribution in [-0.4, -0.2) is 58.7 Å². The van der Waals surface area contributed by atoms with Gasteiger partial charge in [0.05, 0.1) is 0 Å². The van der Waals surface area contributed by atoms with Crippen molar-refractivity contribution in [2.45, 2.75) is 43.9 Å². The molecule has 156 valence electrons. The van der Waals surface area contributed by atoms with Crippen molar-refractivity contribution in [3.8, 4) is 0 Å². The number of hydrogen-bond acceptors (Lipinski definition) is 4. The molecule has 3 heterocycles. The SMILES string of the molecule is Cl.O=C(c1ccc2[nH]c(=O)c3c(c2c1)CCSC3)N1CCN(C2CCCC2)CC1. The zero-order chi connectivity index (χ0) is 19.1. The molecule has 2 aliphatic heterocycles. The maximum absolute atomic E-state index is 13.1. The number of rotatable bonds is 2. The number of carbonyl (C=O) groups excluding carboxylic acids is 1. The second-order valence-corrected chi connectivity index (χ2v) is 9.35. The molecule has 1 aromatic heterocycles. The molecule has 29 heavy (non-hydrogen) atoms. The molecule has 1 saturated heterocycles. The van der Waals surface area contributed by atoms with E-state index in [-0.39, 0.29) is 23.9 Å². The molecule has 1 aliphatic carbocycles. The number of H-pyrrole nitrogens is 1. The Hall–Kier alpha value is -1.50. The summed E-state index contributed by atoms with van der Waals surface area (Å²) < 4.78 is 0. The fraction of sp³-hybridized carbons (Fsp3) is 0.545. The zero-order valence-corrected chi connectivity index (χ0v) is 18.2. The summed E-state index contributed by atoms with van der Waals surface area (Å²) in [6.45, 7) is 3.61. The van der Waals surface area contributed by atoms with Gasteiger partial charge in [-0.25, -0.2) is 0 Å². The highest BCUT2D eigenvalue weighted by Gasteiger charge is 2.28. The Labute approximate surface area is 181 Å². The number of thioether (sulfide) groups is 1. The lowest BCUT2D eigenvalue weighted by Crippen LogP contribution is -2.51. The first-order valence-corrected chi connectivity index (χ1v) is 11.6. The van der Waals surface area contributed by atoms with E-state index in [1.54, 1.807) is 11.8 Å². The minimum atomic E-state index is 0. The van der Waals surface area contributed by atoms with E-state index in [0.29, 0.717) is 0 Å². The highest BCUT2D eigenvalue weighted by atomic mass is 35.5. The monoisotopic (exact) mass is 433 g/mol. The van der Waals surface area contributed by atoms with Crippen molar-refractivity contribution in [2.24, 2.45) is 0 Å². The maximum atomic E-state index is 13.1. The van der Waals surface area contributed by atoms with Crippen molar-refractivity contribution in [2.75, 3.05) is 31.9 Å². The molecule has 2 aromatic rings. The number of benzene rings is 1. The number of piperazine rings is 1. The standard InChI is InChI=1S/C22H27N3O2S.ClH/c26-21-19-14-28-12-7-17(19)18-13-15(5-6-20(18)23-21)22(27)25-10-8-24(9-11-25)16-3-1-2-4-16;/h5-6,13,16H,1-4,7-12,14H2,(H,23,26);1H. The van der Waals surface area contributed by atoms with Gasteiger partial charge >= 0.3 is 0 Å². The van der Waals surface area contributed by atoms with E-state index in [2.05, 4.69) is 9.88 Å². The van der Waals surface area contributed by atoms with Crippen LogP contribution < -0.4 is 5.56 Å². The summed E-state index contributed by atoms with van der Waals surface area (Å²) >= 11 is 1.80. The molecule has 1 saturated carbocycles. The fourth-order valence-electron chi connectivity index (χ4n) is 5.06. The minimum Gasteiger partial charge on any atom is -0.336 e. The third-order valence-electron chi connectivity index (χ3n) is 6.66. The molecule has 0 atom stereocenters. The summed E-state index contributed by atoms with van der Waals surface area (Å²) in [5.41, 5.74) is 3.64. The number of halogens is 1. The van der Waals surface area contributed by atoms with Gasteiger partial charge in [-0.15, -0.1) is 12.4 Å². The molecule has 0 bridgehead atoms. The van der Waals surface area contributed by atoms with E-state index in [1.807, 2.05) is 23.1 Å². The molecule has 3 aliphatic rings. The molecular weight excluding hydrogens is 406 g/mol. The van der Waals surface area contributed by atoms with E-state index in [4.69, 9.17) is 0 Å². The van der Waals surface area contributed by atoms with Gasteiger partial charge < -0.3 is 9.88 Å². The molecule has 2 fully saturated rings. The third-order valence-corrected chi connectivity index (χ3v) is 7.65. The molecule has 5 rings (SSSR count). The van der Waals surface area contributed by atoms with Crippen LogP contribution in [-0.2, 0) is 12.2 Å². The highest BCUT2D eigenvalue weighted by molar-refractivity contribution is 7.98. The Morgan fingerprint density at radius 1 is 1.07 bits per heavy atom. The van der Waals surface area contributed by atoms with Crippen LogP contribution in [0.25, 0.3) is 10.9 Å². The summed E-state index contributed by atoms with van der Waals surface area (Å²) in [6, 6.07) is 6.51. The van der Waals surface area contributed by atoms with Crippen molar-refractivity contribution in [1.82, 2.24) is 14.8 Å². The number of carbonyl (C=O) groups is 1. The van der Waals surface area contributed by atoms with Crippen molar-refractivity contribution < 1.29 is 4.79 Å². The highest BCUT2D eigenvalue weighted by Crippen LogP contribution is 2.29. The predicted octanol–water partition coefficient (Wildman–Crippen LogP) is 3.44. The summed E-state index contributed by atoms with van der Waals surface area (Å²) in [5.74, 6) is 1.92. The lowest BCUT2D eigenvalue weighted by Gasteiger charge is -2.38. The fourth-order valence-corrected chi connectivity index (χ4v) is 6.06. The second kappa shape index (κ2) is 8.70. The second-order valence-electron chi connectivity index (χ2n) is 8.24. The first-order chi connectivity index (χ1) is 13.7. The number of fused-ring (bicyclic) bond motifs is 3. The number of aromatic amines is 1. The average Bonchev–Trinajstić information content (AvgIpc) is 3.28. The molecular formula is C22H28ClN3O2S. The maximum Gasteiger partial charge on any atom is 0.253 e. The molecule has 1 amide bonds. The molecule has 0 unspecified atom stereocenters. The molecule has 1 aromatic carbocycles. The van der Waals surface area contributed by atoms with Crippen molar-refractivity contribution >= 4 is 41.0 Å². The number of amides is 1. The van der Waals surface area contributed by atoms with E-state index >= 15 is 0 Å². The van der Waals surface area contributed by atoms with Crippen LogP contribution in [0.3, 0.4) is 0 Å². The van der Waals surface area contributed by atoms with Gasteiger partial charge in [-0.2, -0.15) is 11.8 Å². The van der Waals surface area contributed by atoms with Gasteiger partial charge in [0.1, 0.15) is 0 Å². The lowest BCUT2D eigenvalue weighted by molar-refractivity contribution is 0.0573. The summed E-state index contributed by atoms with van der Waals surface area (Å²) in [7, 11) is 0. The van der Waals surface area contributed by atoms with Crippen LogP contribution in [0.15, 0.2) is 23.0 Å². The zero-order valence-electron chi connectivity index (χ0n) is 16.6. The van der Waals surface area contributed by atoms with Crippen LogP contribution in [0.1, 0.15) is 47.2 Å². The smallest absolute Gasteiger partial charge is 0.253 e. The largest absolute Gasteiger partial charge is 0.336 e. The van der Waals surface area contributed by atoms with Crippen LogP contribution in [0.5, 0.6) is 0 Å². The average molecular weight is 434 g/mol. The topological polar surface area (TPSA) is 56.4 Å². The van der Waals surface area contributed by atoms with Crippen molar-refractivity contribution in [1.29, 1.82) is 0 Å². The molecule has 0 radical (unpaired) electrons. The van der Waals surface area contributed by atoms with Gasteiger partial charge in [-0.3, -0.25) is 14.5 Å². The minimum absolute atomic E-state index is 0. The first-order valence-electron chi connectivity index (χ1n) is 10.5. The van der Waals surface area contributed by atoms with Gasteiger partial charge in [0.2, 0.25) is 0 Å². The number of aryl methyl sites for hydroxylation is 1. The number of aromatic nitrogens is 1. The number of nitrogens with zero attached hydrogens (tertiary/aromatic N) is 2. The van der Waals surface area contributed by atoms with E-state index in [9.17, 15) is 9.59 Å². The Bertz CT molecular complexity index is 962. The van der Waals surface area contributed by atoms with Crippen LogP contribution >= 0.6 is 24.2 Å². The Kier molecular flexibility index (Phi) is 6.23. The predicted molar refractivity (Wildman–Crippen MR) is 121 cm³/mol. The molecule has 5 nitrogen and oxygen atoms in total.